The summed E-state index contributed by atoms with van der Waals surface area (Å²) in [7, 11) is 0. The van der Waals surface area contributed by atoms with Crippen LogP contribution in [-0.2, 0) is 12.3 Å². The third-order valence-electron chi connectivity index (χ3n) is 3.32. The van der Waals surface area contributed by atoms with E-state index in [0.29, 0.717) is 6.54 Å². The van der Waals surface area contributed by atoms with Gasteiger partial charge in [0.25, 0.3) is 0 Å². The second-order valence-electron chi connectivity index (χ2n) is 4.99. The van der Waals surface area contributed by atoms with Crippen LogP contribution in [0.3, 0.4) is 0 Å². The molecule has 0 spiro atoms. The second kappa shape index (κ2) is 7.62. The predicted molar refractivity (Wildman–Crippen MR) is 99.4 cm³/mol. The highest BCUT2D eigenvalue weighted by Gasteiger charge is 2.13. The van der Waals surface area contributed by atoms with E-state index in [1.807, 2.05) is 48.5 Å². The Labute approximate surface area is 148 Å². The van der Waals surface area contributed by atoms with Gasteiger partial charge in [0.1, 0.15) is 0 Å². The van der Waals surface area contributed by atoms with E-state index < -0.39 is 0 Å². The van der Waals surface area contributed by atoms with Crippen molar-refractivity contribution in [3.05, 3.63) is 77.3 Å². The molecule has 2 aromatic carbocycles. The Balaban J connectivity index is 1.85. The summed E-state index contributed by atoms with van der Waals surface area (Å²) in [6.45, 7) is 4.54. The van der Waals surface area contributed by atoms with Gasteiger partial charge in [-0.15, -0.1) is 16.8 Å². The average Bonchev–Trinajstić information content (AvgIpc) is 2.97. The van der Waals surface area contributed by atoms with Gasteiger partial charge in [-0.2, -0.15) is 0 Å². The number of hydrogen-bond donors (Lipinski definition) is 0. The molecule has 0 aliphatic carbocycles. The zero-order valence-electron chi connectivity index (χ0n) is 12.5. The van der Waals surface area contributed by atoms with Crippen LogP contribution in [0.5, 0.6) is 0 Å². The first kappa shape index (κ1) is 16.0. The van der Waals surface area contributed by atoms with Gasteiger partial charge in [-0.3, -0.25) is 4.57 Å². The van der Waals surface area contributed by atoms with E-state index in [9.17, 15) is 0 Å². The van der Waals surface area contributed by atoms with E-state index in [2.05, 4.69) is 49.4 Å². The number of aromatic nitrogens is 3. The Hall–Kier alpha value is -1.85. The Morgan fingerprint density at radius 1 is 1.09 bits per heavy atom. The zero-order chi connectivity index (χ0) is 16.1. The van der Waals surface area contributed by atoms with Gasteiger partial charge in [-0.25, -0.2) is 0 Å². The number of benzene rings is 2. The predicted octanol–water partition coefficient (Wildman–Crippen LogP) is 5.19. The fourth-order valence-electron chi connectivity index (χ4n) is 2.26. The molecule has 0 amide bonds. The van der Waals surface area contributed by atoms with Crippen LogP contribution in [0.15, 0.2) is 76.9 Å². The Morgan fingerprint density at radius 2 is 1.91 bits per heavy atom. The van der Waals surface area contributed by atoms with Gasteiger partial charge >= 0.3 is 0 Å². The van der Waals surface area contributed by atoms with Crippen molar-refractivity contribution in [3.8, 4) is 11.4 Å². The minimum absolute atomic E-state index is 0.693. The second-order valence-corrected chi connectivity index (χ2v) is 6.85. The van der Waals surface area contributed by atoms with E-state index in [1.54, 1.807) is 11.8 Å². The van der Waals surface area contributed by atoms with Gasteiger partial charge in [0.2, 0.25) is 0 Å². The van der Waals surface area contributed by atoms with Gasteiger partial charge < -0.3 is 0 Å². The maximum atomic E-state index is 4.37. The molecule has 3 aromatic rings. The highest BCUT2D eigenvalue weighted by Crippen LogP contribution is 2.27. The van der Waals surface area contributed by atoms with Crippen LogP contribution in [0.25, 0.3) is 11.4 Å². The fourth-order valence-corrected chi connectivity index (χ4v) is 3.60. The lowest BCUT2D eigenvalue weighted by Gasteiger charge is -2.08. The van der Waals surface area contributed by atoms with Crippen molar-refractivity contribution in [3.63, 3.8) is 0 Å². The normalized spacial score (nSPS) is 10.7. The van der Waals surface area contributed by atoms with E-state index >= 15 is 0 Å². The molecule has 0 unspecified atom stereocenters. The molecular formula is C18H16BrN3S. The van der Waals surface area contributed by atoms with Crippen molar-refractivity contribution in [2.75, 3.05) is 0 Å². The van der Waals surface area contributed by atoms with E-state index in [0.717, 1.165) is 26.8 Å². The summed E-state index contributed by atoms with van der Waals surface area (Å²) in [6.07, 6.45) is 1.87. The van der Waals surface area contributed by atoms with Crippen molar-refractivity contribution < 1.29 is 0 Å². The number of allylic oxidation sites excluding steroid dienone is 1. The SMILES string of the molecule is C=CCn1c(SCc2cccc(Br)c2)nnc1-c1ccccc1. The van der Waals surface area contributed by atoms with E-state index in [4.69, 9.17) is 0 Å². The molecule has 0 radical (unpaired) electrons. The summed E-state index contributed by atoms with van der Waals surface area (Å²) in [5.41, 5.74) is 2.31. The topological polar surface area (TPSA) is 30.7 Å². The standard InChI is InChI=1S/C18H16BrN3S/c1-2-11-22-17(15-8-4-3-5-9-15)20-21-18(22)23-13-14-7-6-10-16(19)12-14/h2-10,12H,1,11,13H2. The lowest BCUT2D eigenvalue weighted by molar-refractivity contribution is 0.731. The Morgan fingerprint density at radius 3 is 2.65 bits per heavy atom. The minimum atomic E-state index is 0.693. The molecule has 116 valence electrons. The van der Waals surface area contributed by atoms with Crippen LogP contribution in [-0.4, -0.2) is 14.8 Å². The van der Waals surface area contributed by atoms with Crippen LogP contribution < -0.4 is 0 Å². The summed E-state index contributed by atoms with van der Waals surface area (Å²) in [5.74, 6) is 1.73. The first-order valence-corrected chi connectivity index (χ1v) is 9.02. The van der Waals surface area contributed by atoms with Crippen LogP contribution in [0.2, 0.25) is 0 Å². The van der Waals surface area contributed by atoms with Gasteiger partial charge in [-0.1, -0.05) is 76.2 Å². The smallest absolute Gasteiger partial charge is 0.192 e. The summed E-state index contributed by atoms with van der Waals surface area (Å²) in [4.78, 5) is 0. The van der Waals surface area contributed by atoms with Crippen molar-refractivity contribution >= 4 is 27.7 Å². The molecule has 0 saturated heterocycles. The average molecular weight is 386 g/mol. The van der Waals surface area contributed by atoms with E-state index in [-0.39, 0.29) is 0 Å². The third-order valence-corrected chi connectivity index (χ3v) is 4.85. The van der Waals surface area contributed by atoms with E-state index in [1.165, 1.54) is 5.56 Å². The lowest BCUT2D eigenvalue weighted by atomic mass is 10.2. The fraction of sp³-hybridized carbons (Fsp3) is 0.111. The van der Waals surface area contributed by atoms with Crippen molar-refractivity contribution in [2.24, 2.45) is 0 Å². The highest BCUT2D eigenvalue weighted by molar-refractivity contribution is 9.10. The summed E-state index contributed by atoms with van der Waals surface area (Å²) < 4.78 is 3.19. The van der Waals surface area contributed by atoms with Crippen LogP contribution in [0, 0.1) is 0 Å². The number of rotatable bonds is 6. The molecule has 1 heterocycles. The molecule has 0 bridgehead atoms. The zero-order valence-corrected chi connectivity index (χ0v) is 14.9. The molecule has 1 aromatic heterocycles. The third kappa shape index (κ3) is 3.92. The minimum Gasteiger partial charge on any atom is -0.298 e. The molecule has 5 heteroatoms. The van der Waals surface area contributed by atoms with Crippen LogP contribution in [0.1, 0.15) is 5.56 Å². The Bertz CT molecular complexity index is 799. The van der Waals surface area contributed by atoms with Gasteiger partial charge in [-0.05, 0) is 17.7 Å². The molecule has 0 fully saturated rings. The number of thioether (sulfide) groups is 1. The van der Waals surface area contributed by atoms with Crippen molar-refractivity contribution in [1.82, 2.24) is 14.8 Å². The quantitative estimate of drug-likeness (QED) is 0.432. The monoisotopic (exact) mass is 385 g/mol. The molecule has 0 N–H and O–H groups in total. The number of hydrogen-bond acceptors (Lipinski definition) is 3. The highest BCUT2D eigenvalue weighted by atomic mass is 79.9. The van der Waals surface area contributed by atoms with Crippen LogP contribution in [0.4, 0.5) is 0 Å². The first-order valence-electron chi connectivity index (χ1n) is 7.24. The van der Waals surface area contributed by atoms with Crippen molar-refractivity contribution in [2.45, 2.75) is 17.5 Å². The molecule has 0 saturated carbocycles. The molecule has 0 aliphatic rings. The van der Waals surface area contributed by atoms with Gasteiger partial charge in [0, 0.05) is 22.3 Å². The first-order chi connectivity index (χ1) is 11.3. The Kier molecular flexibility index (Phi) is 5.31. The summed E-state index contributed by atoms with van der Waals surface area (Å²) >= 11 is 5.19. The van der Waals surface area contributed by atoms with Gasteiger partial charge in [0.05, 0.1) is 0 Å². The maximum absolute atomic E-state index is 4.37. The summed E-state index contributed by atoms with van der Waals surface area (Å²) in [5, 5.41) is 9.64. The molecule has 0 atom stereocenters. The molecule has 3 rings (SSSR count). The molecular weight excluding hydrogens is 370 g/mol. The number of nitrogens with zero attached hydrogens (tertiary/aromatic N) is 3. The van der Waals surface area contributed by atoms with Crippen LogP contribution >= 0.6 is 27.7 Å². The van der Waals surface area contributed by atoms with Crippen molar-refractivity contribution in [1.29, 1.82) is 0 Å². The molecule has 23 heavy (non-hydrogen) atoms. The summed E-state index contributed by atoms with van der Waals surface area (Å²) in [6, 6.07) is 18.4. The number of halogens is 1. The largest absolute Gasteiger partial charge is 0.298 e. The molecule has 3 nitrogen and oxygen atoms in total. The molecule has 0 aliphatic heterocycles. The maximum Gasteiger partial charge on any atom is 0.192 e. The lowest BCUT2D eigenvalue weighted by Crippen LogP contribution is -2.00. The van der Waals surface area contributed by atoms with Gasteiger partial charge in [0.15, 0.2) is 11.0 Å².